The summed E-state index contributed by atoms with van der Waals surface area (Å²) >= 11 is 0. The molecule has 5 atom stereocenters. The summed E-state index contributed by atoms with van der Waals surface area (Å²) in [4.78, 5) is 41.9. The van der Waals surface area contributed by atoms with Gasteiger partial charge in [-0.15, -0.1) is 0 Å². The molecule has 1 aromatic rings. The molecule has 6 rings (SSSR count). The zero-order valence-electron chi connectivity index (χ0n) is 17.4. The number of ether oxygens (including phenoxy) is 1. The van der Waals surface area contributed by atoms with Crippen LogP contribution < -0.4 is 10.6 Å². The molecule has 1 spiro atoms. The summed E-state index contributed by atoms with van der Waals surface area (Å²) in [7, 11) is 0. The molecule has 4 fully saturated rings. The molecule has 3 amide bonds. The zero-order chi connectivity index (χ0) is 21.3. The lowest BCUT2D eigenvalue weighted by Gasteiger charge is -2.33. The number of aromatic nitrogens is 1. The first-order chi connectivity index (χ1) is 15.0. The van der Waals surface area contributed by atoms with Gasteiger partial charge in [-0.3, -0.25) is 14.4 Å². The maximum Gasteiger partial charge on any atom is 0.246 e. The molecule has 2 aliphatic carbocycles. The summed E-state index contributed by atoms with van der Waals surface area (Å²) in [6, 6.07) is 1.09. The van der Waals surface area contributed by atoms with Crippen LogP contribution in [0.15, 0.2) is 22.7 Å². The van der Waals surface area contributed by atoms with Gasteiger partial charge in [0.1, 0.15) is 17.4 Å². The Labute approximate surface area is 179 Å². The molecule has 9 heteroatoms. The van der Waals surface area contributed by atoms with Gasteiger partial charge < -0.3 is 24.8 Å². The summed E-state index contributed by atoms with van der Waals surface area (Å²) in [5, 5.41) is 9.73. The van der Waals surface area contributed by atoms with Crippen LogP contribution in [0.5, 0.6) is 0 Å². The standard InChI is InChI=1S/C22H26N4O5/c1-11-10-15(25-31-11)24-19(27)16-14-8-9-22(30-14)17(16)21(29)26(13-6-7-13)18(22)20(28)23-12-4-2-3-5-12/h8-10,12-14,16-18H,2-7H2,1H3,(H,23,28)(H,24,25,27)/t14-,16-,17+,18-,22+/m1/s1. The summed E-state index contributed by atoms with van der Waals surface area (Å²) in [5.41, 5.74) is -1.09. The van der Waals surface area contributed by atoms with Crippen LogP contribution in [0.4, 0.5) is 5.82 Å². The normalized spacial score (nSPS) is 36.3. The van der Waals surface area contributed by atoms with Gasteiger partial charge in [-0.1, -0.05) is 30.2 Å². The second-order valence-electron chi connectivity index (χ2n) is 9.48. The summed E-state index contributed by atoms with van der Waals surface area (Å²) in [6.45, 7) is 1.74. The monoisotopic (exact) mass is 426 g/mol. The Hall–Kier alpha value is -2.68. The molecule has 5 aliphatic rings. The van der Waals surface area contributed by atoms with E-state index >= 15 is 0 Å². The van der Waals surface area contributed by atoms with E-state index in [0.717, 1.165) is 38.5 Å². The fourth-order valence-corrected chi connectivity index (χ4v) is 5.94. The average Bonchev–Trinajstić information content (AvgIpc) is 3.14. The van der Waals surface area contributed by atoms with E-state index < -0.39 is 29.6 Å². The molecule has 0 unspecified atom stereocenters. The quantitative estimate of drug-likeness (QED) is 0.686. The highest BCUT2D eigenvalue weighted by Crippen LogP contribution is 2.57. The van der Waals surface area contributed by atoms with Crippen LogP contribution in [0, 0.1) is 18.8 Å². The Bertz CT molecular complexity index is 978. The maximum absolute atomic E-state index is 13.6. The number of rotatable bonds is 5. The summed E-state index contributed by atoms with van der Waals surface area (Å²) in [6.07, 6.45) is 9.05. The second kappa shape index (κ2) is 6.66. The Morgan fingerprint density at radius 3 is 2.65 bits per heavy atom. The predicted octanol–water partition coefficient (Wildman–Crippen LogP) is 1.29. The van der Waals surface area contributed by atoms with E-state index in [1.54, 1.807) is 17.9 Å². The van der Waals surface area contributed by atoms with Crippen LogP contribution in [0.1, 0.15) is 44.3 Å². The lowest BCUT2D eigenvalue weighted by atomic mass is 9.74. The highest BCUT2D eigenvalue weighted by Gasteiger charge is 2.74. The van der Waals surface area contributed by atoms with E-state index in [-0.39, 0.29) is 29.8 Å². The molecule has 2 saturated carbocycles. The van der Waals surface area contributed by atoms with Gasteiger partial charge in [0.2, 0.25) is 17.7 Å². The van der Waals surface area contributed by atoms with Crippen LogP contribution >= 0.6 is 0 Å². The zero-order valence-corrected chi connectivity index (χ0v) is 17.4. The van der Waals surface area contributed by atoms with Crippen LogP contribution in [-0.2, 0) is 19.1 Å². The second-order valence-corrected chi connectivity index (χ2v) is 9.48. The minimum Gasteiger partial charge on any atom is -0.360 e. The predicted molar refractivity (Wildman–Crippen MR) is 108 cm³/mol. The number of aryl methyl sites for hydroxylation is 1. The molecule has 2 N–H and O–H groups in total. The van der Waals surface area contributed by atoms with Crippen molar-refractivity contribution in [2.45, 2.75) is 75.3 Å². The molecule has 9 nitrogen and oxygen atoms in total. The van der Waals surface area contributed by atoms with Crippen molar-refractivity contribution in [1.29, 1.82) is 0 Å². The summed E-state index contributed by atoms with van der Waals surface area (Å²) in [5.74, 6) is -1.18. The van der Waals surface area contributed by atoms with Crippen molar-refractivity contribution in [3.05, 3.63) is 24.0 Å². The number of likely N-dealkylation sites (tertiary alicyclic amines) is 1. The Balaban J connectivity index is 1.31. The third-order valence-electron chi connectivity index (χ3n) is 7.38. The minimum atomic E-state index is -1.09. The number of fused-ring (bicyclic) bond motifs is 1. The molecular formula is C22H26N4O5. The molecule has 2 bridgehead atoms. The van der Waals surface area contributed by atoms with Gasteiger partial charge in [0.05, 0.1) is 17.9 Å². The van der Waals surface area contributed by atoms with Gasteiger partial charge in [-0.2, -0.15) is 0 Å². The molecule has 3 aliphatic heterocycles. The Morgan fingerprint density at radius 1 is 1.19 bits per heavy atom. The van der Waals surface area contributed by atoms with E-state index in [2.05, 4.69) is 15.8 Å². The van der Waals surface area contributed by atoms with E-state index in [0.29, 0.717) is 11.6 Å². The van der Waals surface area contributed by atoms with Crippen LogP contribution in [0.3, 0.4) is 0 Å². The van der Waals surface area contributed by atoms with Crippen molar-refractivity contribution in [2.24, 2.45) is 11.8 Å². The van der Waals surface area contributed by atoms with Gasteiger partial charge in [0, 0.05) is 18.2 Å². The first-order valence-corrected chi connectivity index (χ1v) is 11.2. The third-order valence-corrected chi connectivity index (χ3v) is 7.38. The Morgan fingerprint density at radius 2 is 1.97 bits per heavy atom. The van der Waals surface area contributed by atoms with Crippen molar-refractivity contribution in [3.63, 3.8) is 0 Å². The van der Waals surface area contributed by atoms with Crippen molar-refractivity contribution in [3.8, 4) is 0 Å². The van der Waals surface area contributed by atoms with E-state index in [4.69, 9.17) is 9.26 Å². The molecule has 0 aromatic carbocycles. The lowest BCUT2D eigenvalue weighted by molar-refractivity contribution is -0.142. The molecule has 1 aromatic heterocycles. The molecule has 31 heavy (non-hydrogen) atoms. The highest BCUT2D eigenvalue weighted by atomic mass is 16.5. The van der Waals surface area contributed by atoms with Crippen LogP contribution in [0.25, 0.3) is 0 Å². The molecule has 4 heterocycles. The fraction of sp³-hybridized carbons (Fsp3) is 0.636. The van der Waals surface area contributed by atoms with Gasteiger partial charge in [0.25, 0.3) is 0 Å². The smallest absolute Gasteiger partial charge is 0.246 e. The number of nitrogens with one attached hydrogen (secondary N) is 2. The maximum atomic E-state index is 13.6. The number of amides is 3. The lowest BCUT2D eigenvalue weighted by Crippen LogP contribution is -2.56. The fourth-order valence-electron chi connectivity index (χ4n) is 5.94. The first-order valence-electron chi connectivity index (χ1n) is 11.2. The van der Waals surface area contributed by atoms with Crippen molar-refractivity contribution in [1.82, 2.24) is 15.4 Å². The SMILES string of the molecule is Cc1cc(NC(=O)[C@H]2[C@H]3C(=O)N(C4CC4)[C@H](C(=O)NC4CCCC4)[C@]34C=C[C@H]2O4)no1. The van der Waals surface area contributed by atoms with Crippen molar-refractivity contribution in [2.75, 3.05) is 5.32 Å². The largest absolute Gasteiger partial charge is 0.360 e. The molecular weight excluding hydrogens is 400 g/mol. The number of carbonyl (C=O) groups is 3. The molecule has 164 valence electrons. The number of nitrogens with zero attached hydrogens (tertiary/aromatic N) is 2. The molecule has 0 radical (unpaired) electrons. The number of carbonyl (C=O) groups excluding carboxylic acids is 3. The van der Waals surface area contributed by atoms with Gasteiger partial charge >= 0.3 is 0 Å². The number of anilines is 1. The minimum absolute atomic E-state index is 0.0461. The van der Waals surface area contributed by atoms with E-state index in [1.807, 2.05) is 12.2 Å². The van der Waals surface area contributed by atoms with Crippen LogP contribution in [-0.4, -0.2) is 57.6 Å². The van der Waals surface area contributed by atoms with Crippen LogP contribution in [0.2, 0.25) is 0 Å². The van der Waals surface area contributed by atoms with Gasteiger partial charge in [0.15, 0.2) is 5.82 Å². The first kappa shape index (κ1) is 19.0. The number of hydrogen-bond acceptors (Lipinski definition) is 6. The van der Waals surface area contributed by atoms with E-state index in [9.17, 15) is 14.4 Å². The highest BCUT2D eigenvalue weighted by molar-refractivity contribution is 6.02. The van der Waals surface area contributed by atoms with Crippen molar-refractivity contribution >= 4 is 23.5 Å². The average molecular weight is 426 g/mol. The molecule has 2 saturated heterocycles. The van der Waals surface area contributed by atoms with Gasteiger partial charge in [-0.25, -0.2) is 0 Å². The van der Waals surface area contributed by atoms with Gasteiger partial charge in [-0.05, 0) is 32.6 Å². The number of hydrogen-bond donors (Lipinski definition) is 2. The van der Waals surface area contributed by atoms with E-state index in [1.165, 1.54) is 0 Å². The third kappa shape index (κ3) is 2.78. The topological polar surface area (TPSA) is 114 Å². The van der Waals surface area contributed by atoms with Crippen molar-refractivity contribution < 1.29 is 23.6 Å². The summed E-state index contributed by atoms with van der Waals surface area (Å²) < 4.78 is 11.3. The Kier molecular flexibility index (Phi) is 4.09.